The van der Waals surface area contributed by atoms with Gasteiger partial charge in [0.15, 0.2) is 5.78 Å². The van der Waals surface area contributed by atoms with Crippen LogP contribution < -0.4 is 5.73 Å². The minimum Gasteiger partial charge on any atom is -0.462 e. The van der Waals surface area contributed by atoms with Crippen LogP contribution in [0.2, 0.25) is 0 Å². The third kappa shape index (κ3) is 4.27. The molecule has 2 rings (SSSR count). The Labute approximate surface area is 168 Å². The molecule has 0 radical (unpaired) electrons. The van der Waals surface area contributed by atoms with E-state index in [-0.39, 0.29) is 12.4 Å². The molecule has 8 heteroatoms. The highest BCUT2D eigenvalue weighted by atomic mass is 32.2. The Bertz CT molecular complexity index is 949. The topological polar surface area (TPSA) is 115 Å². The van der Waals surface area contributed by atoms with Gasteiger partial charge in [0, 0.05) is 11.4 Å². The van der Waals surface area contributed by atoms with Gasteiger partial charge in [0.2, 0.25) is 0 Å². The molecule has 0 fully saturated rings. The van der Waals surface area contributed by atoms with Gasteiger partial charge in [0.1, 0.15) is 5.03 Å². The summed E-state index contributed by atoms with van der Waals surface area (Å²) < 4.78 is 5.07. The van der Waals surface area contributed by atoms with Gasteiger partial charge in [-0.25, -0.2) is 9.78 Å². The predicted molar refractivity (Wildman–Crippen MR) is 108 cm³/mol. The number of carbonyl (C=O) groups excluding carboxylic acids is 3. The quantitative estimate of drug-likeness (QED) is 0.416. The van der Waals surface area contributed by atoms with E-state index in [1.54, 1.807) is 40.7 Å². The molecule has 0 spiro atoms. The van der Waals surface area contributed by atoms with Gasteiger partial charge < -0.3 is 15.5 Å². The van der Waals surface area contributed by atoms with Gasteiger partial charge in [0.25, 0.3) is 5.91 Å². The van der Waals surface area contributed by atoms with Gasteiger partial charge in [-0.3, -0.25) is 9.59 Å². The molecule has 2 heterocycles. The van der Waals surface area contributed by atoms with Crippen molar-refractivity contribution in [2.24, 2.45) is 5.73 Å². The fourth-order valence-electron chi connectivity index (χ4n) is 3.12. The van der Waals surface area contributed by atoms with Crippen LogP contribution in [0.1, 0.15) is 67.6 Å². The Morgan fingerprint density at radius 3 is 2.43 bits per heavy atom. The summed E-state index contributed by atoms with van der Waals surface area (Å²) in [5.41, 5.74) is 9.15. The van der Waals surface area contributed by atoms with Gasteiger partial charge in [0.05, 0.1) is 28.7 Å². The molecule has 28 heavy (non-hydrogen) atoms. The van der Waals surface area contributed by atoms with Crippen LogP contribution in [0.15, 0.2) is 11.1 Å². The average molecular weight is 404 g/mol. The number of pyridine rings is 1. The second-order valence-corrected chi connectivity index (χ2v) is 7.92. The zero-order valence-corrected chi connectivity index (χ0v) is 17.7. The number of hydrogen-bond donors (Lipinski definition) is 2. The number of amides is 1. The van der Waals surface area contributed by atoms with E-state index < -0.39 is 17.1 Å². The van der Waals surface area contributed by atoms with Crippen molar-refractivity contribution in [3.05, 3.63) is 45.4 Å². The van der Waals surface area contributed by atoms with E-state index in [0.29, 0.717) is 33.1 Å². The number of rotatable bonds is 7. The second-order valence-electron chi connectivity index (χ2n) is 6.59. The average Bonchev–Trinajstić information content (AvgIpc) is 2.87. The molecule has 2 aromatic heterocycles. The largest absolute Gasteiger partial charge is 0.462 e. The molecule has 1 atom stereocenters. The van der Waals surface area contributed by atoms with Crippen LogP contribution in [0.4, 0.5) is 0 Å². The van der Waals surface area contributed by atoms with E-state index in [2.05, 4.69) is 9.97 Å². The van der Waals surface area contributed by atoms with Crippen LogP contribution in [0.5, 0.6) is 0 Å². The lowest BCUT2D eigenvalue weighted by Crippen LogP contribution is -2.19. The minimum absolute atomic E-state index is 0.197. The van der Waals surface area contributed by atoms with Crippen LogP contribution in [0.25, 0.3) is 0 Å². The Kier molecular flexibility index (Phi) is 6.66. The number of nitrogens with zero attached hydrogens (tertiary/aromatic N) is 1. The van der Waals surface area contributed by atoms with E-state index in [1.807, 2.05) is 6.92 Å². The van der Waals surface area contributed by atoms with Gasteiger partial charge in [-0.2, -0.15) is 0 Å². The van der Waals surface area contributed by atoms with Crippen molar-refractivity contribution in [1.82, 2.24) is 9.97 Å². The number of carbonyl (C=O) groups is 3. The van der Waals surface area contributed by atoms with E-state index in [0.717, 1.165) is 11.3 Å². The monoisotopic (exact) mass is 403 g/mol. The minimum atomic E-state index is -0.580. The van der Waals surface area contributed by atoms with Gasteiger partial charge >= 0.3 is 5.97 Å². The molecule has 0 bridgehead atoms. The zero-order valence-electron chi connectivity index (χ0n) is 16.9. The molecular formula is C20H25N3O4S. The van der Waals surface area contributed by atoms with E-state index in [1.165, 1.54) is 11.8 Å². The SMILES string of the molecule is CCOC(=O)c1c(C)[nH]c(C(=O)C(C)Sc2nc(C)cc(C)c2C(N)=O)c1C. The summed E-state index contributed by atoms with van der Waals surface area (Å²) in [4.78, 5) is 44.4. The number of esters is 1. The van der Waals surface area contributed by atoms with E-state index >= 15 is 0 Å². The molecule has 150 valence electrons. The van der Waals surface area contributed by atoms with Crippen molar-refractivity contribution >= 4 is 29.4 Å². The number of primary amides is 1. The highest BCUT2D eigenvalue weighted by Gasteiger charge is 2.27. The number of aromatic nitrogens is 2. The summed E-state index contributed by atoms with van der Waals surface area (Å²) in [5, 5.41) is -0.115. The maximum Gasteiger partial charge on any atom is 0.340 e. The molecule has 2 aromatic rings. The molecule has 0 aliphatic rings. The maximum absolute atomic E-state index is 13.0. The standard InChI is InChI=1S/C20H25N3O4S/c1-7-27-20(26)15-11(4)16(23-12(15)5)17(24)13(6)28-19-14(18(21)25)9(2)8-10(3)22-19/h8,13,23H,7H2,1-6H3,(H2,21,25). The number of aryl methyl sites for hydroxylation is 3. The molecule has 1 unspecified atom stereocenters. The number of ketones is 1. The highest BCUT2D eigenvalue weighted by molar-refractivity contribution is 8.00. The van der Waals surface area contributed by atoms with Crippen LogP contribution in [-0.4, -0.2) is 39.5 Å². The summed E-state index contributed by atoms with van der Waals surface area (Å²) in [6.45, 7) is 10.8. The second kappa shape index (κ2) is 8.60. The van der Waals surface area contributed by atoms with Crippen molar-refractivity contribution in [2.75, 3.05) is 6.61 Å². The Balaban J connectivity index is 2.36. The number of thioether (sulfide) groups is 1. The third-order valence-corrected chi connectivity index (χ3v) is 5.47. The molecule has 7 nitrogen and oxygen atoms in total. The lowest BCUT2D eigenvalue weighted by molar-refractivity contribution is 0.0524. The summed E-state index contributed by atoms with van der Waals surface area (Å²) in [5.74, 6) is -1.23. The van der Waals surface area contributed by atoms with Crippen LogP contribution >= 0.6 is 11.8 Å². The fourth-order valence-corrected chi connectivity index (χ4v) is 4.25. The lowest BCUT2D eigenvalue weighted by Gasteiger charge is -2.14. The molecule has 0 saturated carbocycles. The molecule has 0 aliphatic heterocycles. The molecule has 0 aliphatic carbocycles. The Morgan fingerprint density at radius 2 is 1.86 bits per heavy atom. The van der Waals surface area contributed by atoms with E-state index in [9.17, 15) is 14.4 Å². The Morgan fingerprint density at radius 1 is 1.21 bits per heavy atom. The summed E-state index contributed by atoms with van der Waals surface area (Å²) in [6, 6.07) is 1.78. The molecular weight excluding hydrogens is 378 g/mol. The molecule has 0 aromatic carbocycles. The third-order valence-electron chi connectivity index (χ3n) is 4.38. The maximum atomic E-state index is 13.0. The molecule has 3 N–H and O–H groups in total. The van der Waals surface area contributed by atoms with Crippen molar-refractivity contribution in [1.29, 1.82) is 0 Å². The smallest absolute Gasteiger partial charge is 0.340 e. The highest BCUT2D eigenvalue weighted by Crippen LogP contribution is 2.30. The number of hydrogen-bond acceptors (Lipinski definition) is 6. The first-order valence-electron chi connectivity index (χ1n) is 8.93. The van der Waals surface area contributed by atoms with Crippen molar-refractivity contribution in [3.63, 3.8) is 0 Å². The van der Waals surface area contributed by atoms with E-state index in [4.69, 9.17) is 10.5 Å². The molecule has 1 amide bonds. The van der Waals surface area contributed by atoms with Crippen molar-refractivity contribution in [3.8, 4) is 0 Å². The first kappa shape index (κ1) is 21.7. The normalized spacial score (nSPS) is 11.9. The number of aromatic amines is 1. The number of H-pyrrole nitrogens is 1. The lowest BCUT2D eigenvalue weighted by atomic mass is 10.1. The first-order valence-corrected chi connectivity index (χ1v) is 9.81. The van der Waals surface area contributed by atoms with Crippen LogP contribution in [0.3, 0.4) is 0 Å². The van der Waals surface area contributed by atoms with Gasteiger partial charge in [-0.05, 0) is 58.7 Å². The molecule has 0 saturated heterocycles. The summed E-state index contributed by atoms with van der Waals surface area (Å²) >= 11 is 1.17. The summed E-state index contributed by atoms with van der Waals surface area (Å²) in [6.07, 6.45) is 0. The van der Waals surface area contributed by atoms with Crippen LogP contribution in [-0.2, 0) is 4.74 Å². The van der Waals surface area contributed by atoms with Crippen molar-refractivity contribution < 1.29 is 19.1 Å². The number of nitrogens with one attached hydrogen (secondary N) is 1. The first-order chi connectivity index (χ1) is 13.1. The number of Topliss-reactive ketones (excluding diaryl/α,β-unsaturated/α-hetero) is 1. The van der Waals surface area contributed by atoms with Crippen molar-refractivity contribution in [2.45, 2.75) is 51.8 Å². The summed E-state index contributed by atoms with van der Waals surface area (Å²) in [7, 11) is 0. The van der Waals surface area contributed by atoms with Gasteiger partial charge in [-0.15, -0.1) is 0 Å². The zero-order chi connectivity index (χ0) is 21.2. The van der Waals surface area contributed by atoms with Crippen LogP contribution in [0, 0.1) is 27.7 Å². The fraction of sp³-hybridized carbons (Fsp3) is 0.400. The van der Waals surface area contributed by atoms with Gasteiger partial charge in [-0.1, -0.05) is 11.8 Å². The Hall–Kier alpha value is -2.61. The number of ether oxygens (including phenoxy) is 1. The predicted octanol–water partition coefficient (Wildman–Crippen LogP) is 3.28. The number of nitrogens with two attached hydrogens (primary N) is 1.